The van der Waals surface area contributed by atoms with E-state index in [0.29, 0.717) is 0 Å². The first-order valence-corrected chi connectivity index (χ1v) is 4.42. The molecule has 0 heterocycles. The molecule has 2 heteroatoms. The van der Waals surface area contributed by atoms with Crippen LogP contribution in [0, 0.1) is 0 Å². The fraction of sp³-hybridized carbons (Fsp3) is 0.600. The SMILES string of the molecule is CNCCC1=CCC(OC)=CC1. The van der Waals surface area contributed by atoms with Crippen LogP contribution in [0.25, 0.3) is 0 Å². The van der Waals surface area contributed by atoms with E-state index in [9.17, 15) is 0 Å². The minimum Gasteiger partial charge on any atom is -0.501 e. The summed E-state index contributed by atoms with van der Waals surface area (Å²) in [7, 11) is 3.72. The Morgan fingerprint density at radius 2 is 2.25 bits per heavy atom. The molecule has 2 nitrogen and oxygen atoms in total. The molecule has 0 aliphatic heterocycles. The molecular formula is C10H17NO. The van der Waals surface area contributed by atoms with Gasteiger partial charge in [-0.25, -0.2) is 0 Å². The van der Waals surface area contributed by atoms with Gasteiger partial charge in [0.05, 0.1) is 12.9 Å². The zero-order chi connectivity index (χ0) is 8.81. The summed E-state index contributed by atoms with van der Waals surface area (Å²) in [6.45, 7) is 1.07. The second-order valence-corrected chi connectivity index (χ2v) is 3.00. The third-order valence-corrected chi connectivity index (χ3v) is 2.14. The second kappa shape index (κ2) is 4.99. The molecule has 1 aliphatic carbocycles. The molecule has 1 rings (SSSR count). The number of allylic oxidation sites excluding steroid dienone is 2. The van der Waals surface area contributed by atoms with Gasteiger partial charge in [-0.05, 0) is 32.5 Å². The zero-order valence-corrected chi connectivity index (χ0v) is 7.89. The van der Waals surface area contributed by atoms with E-state index in [1.165, 1.54) is 5.57 Å². The summed E-state index contributed by atoms with van der Waals surface area (Å²) < 4.78 is 5.14. The first-order valence-electron chi connectivity index (χ1n) is 4.42. The molecule has 0 aromatic heterocycles. The van der Waals surface area contributed by atoms with Crippen molar-refractivity contribution in [2.75, 3.05) is 20.7 Å². The van der Waals surface area contributed by atoms with Crippen molar-refractivity contribution in [1.82, 2.24) is 5.32 Å². The van der Waals surface area contributed by atoms with Crippen LogP contribution in [0.3, 0.4) is 0 Å². The van der Waals surface area contributed by atoms with Crippen LogP contribution in [0.5, 0.6) is 0 Å². The van der Waals surface area contributed by atoms with Crippen LogP contribution >= 0.6 is 0 Å². The van der Waals surface area contributed by atoms with Gasteiger partial charge in [0, 0.05) is 6.42 Å². The third-order valence-electron chi connectivity index (χ3n) is 2.14. The predicted octanol–water partition coefficient (Wildman–Crippen LogP) is 1.85. The van der Waals surface area contributed by atoms with Crippen molar-refractivity contribution in [1.29, 1.82) is 0 Å². The lowest BCUT2D eigenvalue weighted by atomic mass is 10.0. The fourth-order valence-corrected chi connectivity index (χ4v) is 1.31. The molecule has 0 aromatic carbocycles. The van der Waals surface area contributed by atoms with Crippen LogP contribution in [0.4, 0.5) is 0 Å². The normalized spacial score (nSPS) is 16.8. The van der Waals surface area contributed by atoms with Gasteiger partial charge in [-0.1, -0.05) is 11.6 Å². The van der Waals surface area contributed by atoms with E-state index in [2.05, 4.69) is 17.5 Å². The molecule has 0 saturated carbocycles. The summed E-state index contributed by atoms with van der Waals surface area (Å²) in [6, 6.07) is 0. The van der Waals surface area contributed by atoms with Gasteiger partial charge in [-0.15, -0.1) is 0 Å². The molecule has 0 unspecified atom stereocenters. The molecule has 0 fully saturated rings. The number of nitrogens with one attached hydrogen (secondary N) is 1. The van der Waals surface area contributed by atoms with Gasteiger partial charge in [-0.2, -0.15) is 0 Å². The Morgan fingerprint density at radius 3 is 2.75 bits per heavy atom. The van der Waals surface area contributed by atoms with Gasteiger partial charge in [-0.3, -0.25) is 0 Å². The highest BCUT2D eigenvalue weighted by molar-refractivity contribution is 5.18. The van der Waals surface area contributed by atoms with E-state index in [4.69, 9.17) is 4.74 Å². The van der Waals surface area contributed by atoms with Gasteiger partial charge in [0.15, 0.2) is 0 Å². The number of methoxy groups -OCH3 is 1. The smallest absolute Gasteiger partial charge is 0.0956 e. The zero-order valence-electron chi connectivity index (χ0n) is 7.89. The molecule has 0 bridgehead atoms. The minimum absolute atomic E-state index is 0.968. The molecule has 1 N–H and O–H groups in total. The standard InChI is InChI=1S/C10H17NO/c1-11-8-7-9-3-5-10(12-2)6-4-9/h3,6,11H,4-5,7-8H2,1-2H3. The van der Waals surface area contributed by atoms with Crippen LogP contribution in [0.2, 0.25) is 0 Å². The van der Waals surface area contributed by atoms with E-state index in [1.807, 2.05) is 7.05 Å². The van der Waals surface area contributed by atoms with E-state index in [-0.39, 0.29) is 0 Å². The molecule has 0 saturated heterocycles. The largest absolute Gasteiger partial charge is 0.501 e. The number of hydrogen-bond acceptors (Lipinski definition) is 2. The monoisotopic (exact) mass is 167 g/mol. The van der Waals surface area contributed by atoms with Crippen molar-refractivity contribution in [3.8, 4) is 0 Å². The van der Waals surface area contributed by atoms with Gasteiger partial charge >= 0.3 is 0 Å². The molecule has 0 spiro atoms. The molecular weight excluding hydrogens is 150 g/mol. The lowest BCUT2D eigenvalue weighted by molar-refractivity contribution is 0.281. The number of ether oxygens (including phenoxy) is 1. The number of hydrogen-bond donors (Lipinski definition) is 1. The Bertz CT molecular complexity index is 194. The van der Waals surface area contributed by atoms with E-state index < -0.39 is 0 Å². The lowest BCUT2D eigenvalue weighted by Crippen LogP contribution is -2.09. The van der Waals surface area contributed by atoms with Crippen molar-refractivity contribution in [3.05, 3.63) is 23.5 Å². The first kappa shape index (κ1) is 9.33. The predicted molar refractivity (Wildman–Crippen MR) is 51.0 cm³/mol. The Kier molecular flexibility index (Phi) is 3.88. The van der Waals surface area contributed by atoms with Gasteiger partial charge in [0.25, 0.3) is 0 Å². The van der Waals surface area contributed by atoms with E-state index >= 15 is 0 Å². The highest BCUT2D eigenvalue weighted by Crippen LogP contribution is 2.19. The minimum atomic E-state index is 0.968. The van der Waals surface area contributed by atoms with Crippen molar-refractivity contribution in [3.63, 3.8) is 0 Å². The highest BCUT2D eigenvalue weighted by Gasteiger charge is 2.03. The summed E-state index contributed by atoms with van der Waals surface area (Å²) >= 11 is 0. The fourth-order valence-electron chi connectivity index (χ4n) is 1.31. The average Bonchev–Trinajstić information content (AvgIpc) is 2.15. The van der Waals surface area contributed by atoms with Crippen LogP contribution in [0.15, 0.2) is 23.5 Å². The third kappa shape index (κ3) is 2.70. The lowest BCUT2D eigenvalue weighted by Gasteiger charge is -2.12. The summed E-state index contributed by atoms with van der Waals surface area (Å²) in [6.07, 6.45) is 7.63. The Morgan fingerprint density at radius 1 is 1.42 bits per heavy atom. The molecule has 0 radical (unpaired) electrons. The maximum atomic E-state index is 5.14. The van der Waals surface area contributed by atoms with Gasteiger partial charge in [0.2, 0.25) is 0 Å². The molecule has 1 aliphatic rings. The summed E-state index contributed by atoms with van der Waals surface area (Å²) in [5.74, 6) is 1.10. The van der Waals surface area contributed by atoms with Crippen molar-refractivity contribution in [2.45, 2.75) is 19.3 Å². The van der Waals surface area contributed by atoms with Gasteiger partial charge < -0.3 is 10.1 Å². The second-order valence-electron chi connectivity index (χ2n) is 3.00. The summed E-state index contributed by atoms with van der Waals surface area (Å²) in [4.78, 5) is 0. The van der Waals surface area contributed by atoms with E-state index in [0.717, 1.165) is 31.6 Å². The van der Waals surface area contributed by atoms with Crippen LogP contribution in [-0.4, -0.2) is 20.7 Å². The molecule has 68 valence electrons. The Hall–Kier alpha value is -0.760. The molecule has 0 atom stereocenters. The molecule has 0 amide bonds. The van der Waals surface area contributed by atoms with Crippen LogP contribution < -0.4 is 5.32 Å². The van der Waals surface area contributed by atoms with E-state index in [1.54, 1.807) is 7.11 Å². The molecule has 12 heavy (non-hydrogen) atoms. The van der Waals surface area contributed by atoms with Crippen molar-refractivity contribution < 1.29 is 4.74 Å². The van der Waals surface area contributed by atoms with Crippen LogP contribution in [-0.2, 0) is 4.74 Å². The van der Waals surface area contributed by atoms with Crippen LogP contribution in [0.1, 0.15) is 19.3 Å². The molecule has 0 aromatic rings. The van der Waals surface area contributed by atoms with Crippen molar-refractivity contribution >= 4 is 0 Å². The quantitative estimate of drug-likeness (QED) is 0.645. The topological polar surface area (TPSA) is 21.3 Å². The average molecular weight is 167 g/mol. The summed E-state index contributed by atoms with van der Waals surface area (Å²) in [5.41, 5.74) is 1.52. The van der Waals surface area contributed by atoms with Gasteiger partial charge in [0.1, 0.15) is 0 Å². The Balaban J connectivity index is 2.29. The summed E-state index contributed by atoms with van der Waals surface area (Å²) in [5, 5.41) is 3.15. The maximum Gasteiger partial charge on any atom is 0.0956 e. The number of rotatable bonds is 4. The highest BCUT2D eigenvalue weighted by atomic mass is 16.5. The maximum absolute atomic E-state index is 5.14. The first-order chi connectivity index (χ1) is 5.86. The Labute approximate surface area is 74.3 Å². The van der Waals surface area contributed by atoms with Crippen molar-refractivity contribution in [2.24, 2.45) is 0 Å².